The highest BCUT2D eigenvalue weighted by Gasteiger charge is 2.48. The Balaban J connectivity index is 1.83. The molecule has 5 atom stereocenters. The Hall–Kier alpha value is -3.96. The fourth-order valence-electron chi connectivity index (χ4n) is 5.91. The molecule has 1 aromatic carbocycles. The molecule has 2 aliphatic rings. The summed E-state index contributed by atoms with van der Waals surface area (Å²) in [5.41, 5.74) is 4.81. The van der Waals surface area contributed by atoms with Crippen molar-refractivity contribution in [3.63, 3.8) is 0 Å². The SMILES string of the molecule is CC(C)C1CCN(C(=O)[C@@H](NC(=O)N[C@H](C(=O)c2ccc(O)cc2)C(C)C)C(C)(C)C)[C@@H]1C(=O)NC(CC1CC1)C(=O)C(N)=O. The molecule has 2 unspecified atom stereocenters. The van der Waals surface area contributed by atoms with E-state index in [1.807, 2.05) is 13.8 Å². The number of rotatable bonds is 13. The number of ketones is 2. The van der Waals surface area contributed by atoms with E-state index in [-0.39, 0.29) is 41.7 Å². The number of carbonyl (C=O) groups excluding carboxylic acids is 6. The molecule has 0 spiro atoms. The minimum absolute atomic E-state index is 0.0105. The van der Waals surface area contributed by atoms with E-state index in [0.717, 1.165) is 12.8 Å². The summed E-state index contributed by atoms with van der Waals surface area (Å²) in [5.74, 6) is -3.57. The van der Waals surface area contributed by atoms with Gasteiger partial charge in [-0.15, -0.1) is 0 Å². The van der Waals surface area contributed by atoms with Crippen molar-refractivity contribution in [3.8, 4) is 5.75 Å². The van der Waals surface area contributed by atoms with Crippen LogP contribution in [0, 0.1) is 29.1 Å². The molecule has 12 heteroatoms. The number of nitrogens with two attached hydrogens (primary N) is 1. The van der Waals surface area contributed by atoms with Crippen LogP contribution < -0.4 is 21.7 Å². The van der Waals surface area contributed by atoms with E-state index in [2.05, 4.69) is 16.0 Å². The topological polar surface area (TPSA) is 188 Å². The van der Waals surface area contributed by atoms with Crippen molar-refractivity contribution in [2.75, 3.05) is 6.54 Å². The van der Waals surface area contributed by atoms with Gasteiger partial charge in [0.05, 0.1) is 12.1 Å². The molecule has 1 aliphatic heterocycles. The van der Waals surface area contributed by atoms with E-state index < -0.39 is 59.1 Å². The van der Waals surface area contributed by atoms with Crippen LogP contribution in [0.4, 0.5) is 4.79 Å². The number of phenols is 1. The molecule has 0 aromatic heterocycles. The lowest BCUT2D eigenvalue weighted by Gasteiger charge is -2.37. The Morgan fingerprint density at radius 3 is 2.02 bits per heavy atom. The first-order valence-corrected chi connectivity index (χ1v) is 15.8. The van der Waals surface area contributed by atoms with Gasteiger partial charge in [0.1, 0.15) is 17.8 Å². The molecular formula is C33H49N5O7. The number of urea groups is 1. The minimum atomic E-state index is -1.12. The van der Waals surface area contributed by atoms with Gasteiger partial charge in [0.25, 0.3) is 5.91 Å². The number of nitrogens with zero attached hydrogens (tertiary/aromatic N) is 1. The third-order valence-corrected chi connectivity index (χ3v) is 8.77. The Kier molecular flexibility index (Phi) is 11.4. The molecular weight excluding hydrogens is 578 g/mol. The minimum Gasteiger partial charge on any atom is -0.508 e. The zero-order chi connectivity index (χ0) is 33.8. The first kappa shape index (κ1) is 35.5. The van der Waals surface area contributed by atoms with Gasteiger partial charge >= 0.3 is 6.03 Å². The maximum Gasteiger partial charge on any atom is 0.316 e. The molecule has 248 valence electrons. The predicted octanol–water partition coefficient (Wildman–Crippen LogP) is 2.53. The molecule has 1 saturated carbocycles. The van der Waals surface area contributed by atoms with Crippen LogP contribution in [0.1, 0.15) is 84.5 Å². The Morgan fingerprint density at radius 1 is 0.933 bits per heavy atom. The standard InChI is InChI=1S/C33H49N5O7/c1-17(2)22-14-15-38(25(22)30(43)35-23(16-19-8-9-19)27(41)29(34)42)31(44)28(33(5,6)7)37-32(45)36-24(18(3)4)26(40)20-10-12-21(39)13-11-20/h10-13,17-19,22-25,28,39H,8-9,14-16H2,1-7H3,(H2,34,42)(H,35,43)(H2,36,37,45)/t22?,23?,24-,25-,28+/m0/s1. The maximum atomic E-state index is 14.2. The van der Waals surface area contributed by atoms with Crippen LogP contribution >= 0.6 is 0 Å². The number of nitrogens with one attached hydrogen (secondary N) is 3. The lowest BCUT2D eigenvalue weighted by molar-refractivity contribution is -0.144. The molecule has 2 fully saturated rings. The third kappa shape index (κ3) is 9.04. The van der Waals surface area contributed by atoms with Crippen LogP contribution in [0.15, 0.2) is 24.3 Å². The van der Waals surface area contributed by atoms with Gasteiger partial charge in [0.15, 0.2) is 5.78 Å². The number of Topliss-reactive ketones (excluding diaryl/α,β-unsaturated/α-hetero) is 2. The normalized spacial score (nSPS) is 20.3. The van der Waals surface area contributed by atoms with E-state index in [4.69, 9.17) is 5.73 Å². The van der Waals surface area contributed by atoms with Crippen LogP contribution in [0.3, 0.4) is 0 Å². The molecule has 0 radical (unpaired) electrons. The van der Waals surface area contributed by atoms with Gasteiger partial charge in [-0.3, -0.25) is 24.0 Å². The number of phenolic OH excluding ortho intramolecular Hbond substituents is 1. The molecule has 45 heavy (non-hydrogen) atoms. The number of hydrogen-bond donors (Lipinski definition) is 5. The molecule has 5 amide bonds. The summed E-state index contributed by atoms with van der Waals surface area (Å²) < 4.78 is 0. The number of likely N-dealkylation sites (tertiary alicyclic amines) is 1. The average Bonchev–Trinajstić information content (AvgIpc) is 3.65. The third-order valence-electron chi connectivity index (χ3n) is 8.77. The smallest absolute Gasteiger partial charge is 0.316 e. The van der Waals surface area contributed by atoms with Crippen molar-refractivity contribution >= 4 is 35.3 Å². The summed E-state index contributed by atoms with van der Waals surface area (Å²) in [5, 5.41) is 17.8. The van der Waals surface area contributed by atoms with Crippen LogP contribution in [0.25, 0.3) is 0 Å². The van der Waals surface area contributed by atoms with E-state index in [0.29, 0.717) is 18.4 Å². The Morgan fingerprint density at radius 2 is 1.53 bits per heavy atom. The second kappa shape index (κ2) is 14.4. The predicted molar refractivity (Wildman–Crippen MR) is 168 cm³/mol. The zero-order valence-electron chi connectivity index (χ0n) is 27.4. The van der Waals surface area contributed by atoms with E-state index in [9.17, 15) is 33.9 Å². The summed E-state index contributed by atoms with van der Waals surface area (Å²) in [4.78, 5) is 80.4. The average molecular weight is 628 g/mol. The molecule has 1 aromatic rings. The number of carbonyl (C=O) groups is 6. The quantitative estimate of drug-likeness (QED) is 0.164. The van der Waals surface area contributed by atoms with Gasteiger partial charge in [-0.05, 0) is 66.2 Å². The number of benzene rings is 1. The fraction of sp³-hybridized carbons (Fsp3) is 0.636. The molecule has 6 N–H and O–H groups in total. The summed E-state index contributed by atoms with van der Waals surface area (Å²) >= 11 is 0. The van der Waals surface area contributed by atoms with Crippen molar-refractivity contribution in [1.29, 1.82) is 0 Å². The second-order valence-electron chi connectivity index (χ2n) is 14.2. The van der Waals surface area contributed by atoms with Gasteiger partial charge in [-0.25, -0.2) is 4.79 Å². The molecule has 3 rings (SSSR count). The summed E-state index contributed by atoms with van der Waals surface area (Å²) in [6.45, 7) is 13.1. The van der Waals surface area contributed by atoms with Crippen molar-refractivity contribution in [2.24, 2.45) is 34.8 Å². The van der Waals surface area contributed by atoms with E-state index in [1.54, 1.807) is 34.6 Å². The highest BCUT2D eigenvalue weighted by Crippen LogP contribution is 2.35. The second-order valence-corrected chi connectivity index (χ2v) is 14.2. The lowest BCUT2D eigenvalue weighted by atomic mass is 9.84. The van der Waals surface area contributed by atoms with Gasteiger partial charge in [0.2, 0.25) is 17.6 Å². The zero-order valence-corrected chi connectivity index (χ0v) is 27.4. The highest BCUT2D eigenvalue weighted by atomic mass is 16.3. The molecule has 1 heterocycles. The highest BCUT2D eigenvalue weighted by molar-refractivity contribution is 6.37. The number of hydrogen-bond acceptors (Lipinski definition) is 7. The molecule has 12 nitrogen and oxygen atoms in total. The monoisotopic (exact) mass is 627 g/mol. The van der Waals surface area contributed by atoms with Crippen molar-refractivity contribution in [1.82, 2.24) is 20.9 Å². The van der Waals surface area contributed by atoms with Gasteiger partial charge in [-0.1, -0.05) is 61.3 Å². The van der Waals surface area contributed by atoms with Crippen molar-refractivity contribution in [2.45, 2.75) is 98.3 Å². The van der Waals surface area contributed by atoms with Crippen LogP contribution in [0.2, 0.25) is 0 Å². The van der Waals surface area contributed by atoms with Crippen LogP contribution in [0.5, 0.6) is 5.75 Å². The summed E-state index contributed by atoms with van der Waals surface area (Å²) in [6, 6.07) is 1.06. The Labute approximate surface area is 265 Å². The van der Waals surface area contributed by atoms with E-state index >= 15 is 0 Å². The lowest BCUT2D eigenvalue weighted by Crippen LogP contribution is -2.62. The first-order chi connectivity index (χ1) is 20.9. The van der Waals surface area contributed by atoms with Gasteiger partial charge in [-0.2, -0.15) is 0 Å². The largest absolute Gasteiger partial charge is 0.508 e. The Bertz CT molecular complexity index is 1280. The first-order valence-electron chi connectivity index (χ1n) is 15.8. The van der Waals surface area contributed by atoms with Crippen molar-refractivity contribution in [3.05, 3.63) is 29.8 Å². The van der Waals surface area contributed by atoms with E-state index in [1.165, 1.54) is 29.2 Å². The van der Waals surface area contributed by atoms with Crippen LogP contribution in [-0.2, 0) is 19.2 Å². The van der Waals surface area contributed by atoms with Gasteiger partial charge < -0.3 is 31.7 Å². The van der Waals surface area contributed by atoms with Crippen LogP contribution in [-0.4, -0.2) is 76.0 Å². The van der Waals surface area contributed by atoms with Crippen molar-refractivity contribution < 1.29 is 33.9 Å². The maximum absolute atomic E-state index is 14.2. The number of aromatic hydroxyl groups is 1. The molecule has 1 saturated heterocycles. The van der Waals surface area contributed by atoms with Gasteiger partial charge in [0, 0.05) is 12.1 Å². The summed E-state index contributed by atoms with van der Waals surface area (Å²) in [6.07, 6.45) is 2.66. The number of primary amides is 1. The molecule has 1 aliphatic carbocycles. The number of amides is 5. The molecule has 0 bridgehead atoms. The fourth-order valence-corrected chi connectivity index (χ4v) is 5.91. The summed E-state index contributed by atoms with van der Waals surface area (Å²) in [7, 11) is 0.